The van der Waals surface area contributed by atoms with E-state index < -0.39 is 6.10 Å². The van der Waals surface area contributed by atoms with Gasteiger partial charge in [-0.3, -0.25) is 14.4 Å². The van der Waals surface area contributed by atoms with Crippen LogP contribution in [0, 0.1) is 0 Å². The van der Waals surface area contributed by atoms with Crippen LogP contribution in [0.25, 0.3) is 0 Å². The van der Waals surface area contributed by atoms with Crippen molar-refractivity contribution in [1.82, 2.24) is 0 Å². The van der Waals surface area contributed by atoms with E-state index in [0.717, 1.165) is 122 Å². The molecule has 0 rings (SSSR count). The molecule has 0 aliphatic rings. The van der Waals surface area contributed by atoms with Gasteiger partial charge in [-0.05, 0) is 103 Å². The van der Waals surface area contributed by atoms with Crippen LogP contribution < -0.4 is 0 Å². The Morgan fingerprint density at radius 3 is 0.939 bits per heavy atom. The van der Waals surface area contributed by atoms with Crippen LogP contribution in [0.5, 0.6) is 0 Å². The molecule has 380 valence electrons. The zero-order valence-corrected chi connectivity index (χ0v) is 43.4. The molecule has 0 radical (unpaired) electrons. The average molecular weight is 921 g/mol. The first-order chi connectivity index (χ1) is 32.5. The first kappa shape index (κ1) is 62.8. The van der Waals surface area contributed by atoms with Crippen molar-refractivity contribution in [2.75, 3.05) is 13.2 Å². The number of hydrogen-bond donors (Lipinski definition) is 0. The van der Waals surface area contributed by atoms with E-state index in [1.54, 1.807) is 0 Å². The lowest BCUT2D eigenvalue weighted by Crippen LogP contribution is -2.30. The maximum absolute atomic E-state index is 12.8. The molecule has 0 amide bonds. The van der Waals surface area contributed by atoms with E-state index in [2.05, 4.69) is 93.7 Å². The molecule has 0 saturated heterocycles. The molecule has 6 heteroatoms. The average Bonchev–Trinajstić information content (AvgIpc) is 3.31. The Bertz CT molecular complexity index is 1240. The van der Waals surface area contributed by atoms with Crippen molar-refractivity contribution in [3.8, 4) is 0 Å². The van der Waals surface area contributed by atoms with Crippen molar-refractivity contribution in [2.24, 2.45) is 0 Å². The molecule has 0 bridgehead atoms. The minimum Gasteiger partial charge on any atom is -0.462 e. The van der Waals surface area contributed by atoms with Gasteiger partial charge in [-0.15, -0.1) is 0 Å². The summed E-state index contributed by atoms with van der Waals surface area (Å²) in [5, 5.41) is 0. The molecule has 0 saturated carbocycles. The second-order valence-corrected chi connectivity index (χ2v) is 18.5. The molecular formula is C60H104O6. The Kier molecular flexibility index (Phi) is 51.9. The summed E-state index contributed by atoms with van der Waals surface area (Å²) in [5.41, 5.74) is 0. The third kappa shape index (κ3) is 51.8. The molecule has 1 atom stereocenters. The summed E-state index contributed by atoms with van der Waals surface area (Å²) in [5.74, 6) is -0.916. The Morgan fingerprint density at radius 2 is 0.591 bits per heavy atom. The highest BCUT2D eigenvalue weighted by Crippen LogP contribution is 2.15. The lowest BCUT2D eigenvalue weighted by molar-refractivity contribution is -0.167. The van der Waals surface area contributed by atoms with Gasteiger partial charge in [0.1, 0.15) is 13.2 Å². The minimum atomic E-state index is -0.790. The van der Waals surface area contributed by atoms with Gasteiger partial charge >= 0.3 is 17.9 Å². The van der Waals surface area contributed by atoms with Crippen molar-refractivity contribution in [3.05, 3.63) is 72.9 Å². The summed E-state index contributed by atoms with van der Waals surface area (Å²) < 4.78 is 16.8. The second kappa shape index (κ2) is 54.5. The van der Waals surface area contributed by atoms with Gasteiger partial charge in [0.2, 0.25) is 0 Å². The van der Waals surface area contributed by atoms with Crippen LogP contribution in [-0.4, -0.2) is 37.2 Å². The summed E-state index contributed by atoms with van der Waals surface area (Å²) in [6, 6.07) is 0. The monoisotopic (exact) mass is 921 g/mol. The SMILES string of the molecule is CCC/C=C\C/C=C\CCCCCCCC(=O)OCC(COC(=O)CCCCCCCCCCC/C=C\C/C=C\CCCCCCC)OC(=O)CCCCCCC/C=C\C/C=C\CCCC. The summed E-state index contributed by atoms with van der Waals surface area (Å²) in [4.78, 5) is 38.1. The van der Waals surface area contributed by atoms with Gasteiger partial charge in [0.05, 0.1) is 0 Å². The Hall–Kier alpha value is -3.15. The molecular weight excluding hydrogens is 817 g/mol. The Labute approximate surface area is 408 Å². The van der Waals surface area contributed by atoms with Crippen LogP contribution in [0.2, 0.25) is 0 Å². The van der Waals surface area contributed by atoms with E-state index in [4.69, 9.17) is 14.2 Å². The number of ether oxygens (including phenoxy) is 3. The van der Waals surface area contributed by atoms with Crippen LogP contribution in [-0.2, 0) is 28.6 Å². The molecule has 0 aromatic carbocycles. The molecule has 0 heterocycles. The number of rotatable bonds is 50. The van der Waals surface area contributed by atoms with Gasteiger partial charge in [0, 0.05) is 19.3 Å². The van der Waals surface area contributed by atoms with E-state index in [-0.39, 0.29) is 31.1 Å². The predicted molar refractivity (Wildman–Crippen MR) is 284 cm³/mol. The van der Waals surface area contributed by atoms with Gasteiger partial charge < -0.3 is 14.2 Å². The maximum atomic E-state index is 12.8. The predicted octanol–water partition coefficient (Wildman–Crippen LogP) is 18.6. The summed E-state index contributed by atoms with van der Waals surface area (Å²) in [7, 11) is 0. The molecule has 0 spiro atoms. The fourth-order valence-corrected chi connectivity index (χ4v) is 7.64. The summed E-state index contributed by atoms with van der Waals surface area (Å²) in [6.07, 6.45) is 68.9. The minimum absolute atomic E-state index is 0.0878. The number of allylic oxidation sites excluding steroid dienone is 12. The molecule has 0 aromatic rings. The molecule has 0 fully saturated rings. The van der Waals surface area contributed by atoms with E-state index in [0.29, 0.717) is 19.3 Å². The summed E-state index contributed by atoms with van der Waals surface area (Å²) >= 11 is 0. The summed E-state index contributed by atoms with van der Waals surface area (Å²) in [6.45, 7) is 6.51. The molecule has 1 unspecified atom stereocenters. The fourth-order valence-electron chi connectivity index (χ4n) is 7.64. The highest BCUT2D eigenvalue weighted by atomic mass is 16.6. The van der Waals surface area contributed by atoms with Gasteiger partial charge in [-0.25, -0.2) is 0 Å². The Morgan fingerprint density at radius 1 is 0.303 bits per heavy atom. The molecule has 0 aliphatic carbocycles. The largest absolute Gasteiger partial charge is 0.462 e. The topological polar surface area (TPSA) is 78.9 Å². The van der Waals surface area contributed by atoms with E-state index in [9.17, 15) is 14.4 Å². The van der Waals surface area contributed by atoms with Crippen molar-refractivity contribution < 1.29 is 28.6 Å². The normalized spacial score (nSPS) is 12.6. The first-order valence-electron chi connectivity index (χ1n) is 27.9. The van der Waals surface area contributed by atoms with Gasteiger partial charge in [0.25, 0.3) is 0 Å². The smallest absolute Gasteiger partial charge is 0.306 e. The molecule has 6 nitrogen and oxygen atoms in total. The van der Waals surface area contributed by atoms with Crippen LogP contribution in [0.15, 0.2) is 72.9 Å². The van der Waals surface area contributed by atoms with Crippen LogP contribution in [0.4, 0.5) is 0 Å². The van der Waals surface area contributed by atoms with E-state index >= 15 is 0 Å². The third-order valence-electron chi connectivity index (χ3n) is 11.9. The lowest BCUT2D eigenvalue weighted by Gasteiger charge is -2.18. The van der Waals surface area contributed by atoms with Crippen molar-refractivity contribution >= 4 is 17.9 Å². The standard InChI is InChI=1S/C60H104O6/c1-4-7-10-13-16-19-22-25-27-28-29-30-31-32-33-36-38-41-44-47-50-53-59(62)65-56-57(55-64-58(61)52-49-46-43-40-37-34-24-21-18-15-12-9-6-3)66-60(63)54-51-48-45-42-39-35-26-23-20-17-14-11-8-5-2/h12,14-15,17,21-26,28-29,57H,4-11,13,16,18-20,27,30-56H2,1-3H3/b15-12-,17-14-,24-21-,25-22-,26-23-,29-28-. The first-order valence-corrected chi connectivity index (χ1v) is 27.9. The quantitative estimate of drug-likeness (QED) is 0.0262. The van der Waals surface area contributed by atoms with Crippen molar-refractivity contribution in [2.45, 2.75) is 277 Å². The van der Waals surface area contributed by atoms with Crippen LogP contribution in [0.1, 0.15) is 271 Å². The molecule has 66 heavy (non-hydrogen) atoms. The number of carbonyl (C=O) groups is 3. The molecule has 0 N–H and O–H groups in total. The van der Waals surface area contributed by atoms with E-state index in [1.165, 1.54) is 109 Å². The Balaban J connectivity index is 4.36. The molecule has 0 aliphatic heterocycles. The fraction of sp³-hybridized carbons (Fsp3) is 0.750. The maximum Gasteiger partial charge on any atom is 0.306 e. The van der Waals surface area contributed by atoms with Gasteiger partial charge in [-0.2, -0.15) is 0 Å². The number of hydrogen-bond acceptors (Lipinski definition) is 6. The number of esters is 3. The van der Waals surface area contributed by atoms with E-state index in [1.807, 2.05) is 0 Å². The zero-order chi connectivity index (χ0) is 47.9. The van der Waals surface area contributed by atoms with Crippen molar-refractivity contribution in [3.63, 3.8) is 0 Å². The van der Waals surface area contributed by atoms with Gasteiger partial charge in [0.15, 0.2) is 6.10 Å². The lowest BCUT2D eigenvalue weighted by atomic mass is 10.1. The van der Waals surface area contributed by atoms with Crippen molar-refractivity contribution in [1.29, 1.82) is 0 Å². The van der Waals surface area contributed by atoms with Crippen LogP contribution in [0.3, 0.4) is 0 Å². The highest BCUT2D eigenvalue weighted by Gasteiger charge is 2.19. The third-order valence-corrected chi connectivity index (χ3v) is 11.9. The zero-order valence-electron chi connectivity index (χ0n) is 43.4. The molecule has 0 aromatic heterocycles. The number of carbonyl (C=O) groups excluding carboxylic acids is 3. The van der Waals surface area contributed by atoms with Gasteiger partial charge in [-0.1, -0.05) is 222 Å². The highest BCUT2D eigenvalue weighted by molar-refractivity contribution is 5.71. The number of unbranched alkanes of at least 4 members (excludes halogenated alkanes) is 27. The second-order valence-electron chi connectivity index (χ2n) is 18.5. The van der Waals surface area contributed by atoms with Crippen LogP contribution >= 0.6 is 0 Å².